The van der Waals surface area contributed by atoms with Gasteiger partial charge in [-0.1, -0.05) is 40.0 Å². The van der Waals surface area contributed by atoms with Crippen molar-refractivity contribution in [1.29, 1.82) is 0 Å². The average Bonchev–Trinajstić information content (AvgIpc) is 2.36. The number of hydrogen-bond donors (Lipinski definition) is 2. The van der Waals surface area contributed by atoms with Crippen LogP contribution in [0.4, 0.5) is 0 Å². The van der Waals surface area contributed by atoms with Gasteiger partial charge in [0.05, 0.1) is 17.6 Å². The Balaban J connectivity index is 2.89. The predicted molar refractivity (Wildman–Crippen MR) is 86.9 cm³/mol. The van der Waals surface area contributed by atoms with Gasteiger partial charge in [-0.25, -0.2) is 0 Å². The molecule has 2 N–H and O–H groups in total. The fourth-order valence-corrected chi connectivity index (χ4v) is 4.39. The Bertz CT molecular complexity index is 367. The lowest BCUT2D eigenvalue weighted by atomic mass is 9.69. The summed E-state index contributed by atoms with van der Waals surface area (Å²) in [6, 6.07) is 0. The third kappa shape index (κ3) is 3.87. The maximum Gasteiger partial charge on any atom is 0.312 e. The highest BCUT2D eigenvalue weighted by molar-refractivity contribution is 6.74. The molecule has 0 aromatic heterocycles. The standard InChI is InChI=1S/C16H32O4Si/c1-12(20-21(5,6)15(2,3)4)13(17)16(14(18)19)10-8-7-9-11-16/h12-13,17H,7-11H2,1-6H3,(H,18,19)/t12-,13?/m1/s1. The van der Waals surface area contributed by atoms with Gasteiger partial charge in [0.1, 0.15) is 0 Å². The van der Waals surface area contributed by atoms with E-state index in [-0.39, 0.29) is 5.04 Å². The van der Waals surface area contributed by atoms with Crippen molar-refractivity contribution in [3.63, 3.8) is 0 Å². The van der Waals surface area contributed by atoms with E-state index in [0.29, 0.717) is 12.8 Å². The van der Waals surface area contributed by atoms with Crippen LogP contribution in [0.3, 0.4) is 0 Å². The van der Waals surface area contributed by atoms with Crippen LogP contribution in [0.1, 0.15) is 59.8 Å². The summed E-state index contributed by atoms with van der Waals surface area (Å²) in [5, 5.41) is 20.4. The van der Waals surface area contributed by atoms with Crippen molar-refractivity contribution in [3.05, 3.63) is 0 Å². The number of rotatable bonds is 5. The highest BCUT2D eigenvalue weighted by Gasteiger charge is 2.50. The summed E-state index contributed by atoms with van der Waals surface area (Å²) in [7, 11) is -2.01. The largest absolute Gasteiger partial charge is 0.481 e. The van der Waals surface area contributed by atoms with Gasteiger partial charge < -0.3 is 14.6 Å². The van der Waals surface area contributed by atoms with E-state index >= 15 is 0 Å². The Hall–Kier alpha value is -0.393. The fraction of sp³-hybridized carbons (Fsp3) is 0.938. The van der Waals surface area contributed by atoms with Gasteiger partial charge in [0, 0.05) is 0 Å². The maximum absolute atomic E-state index is 11.8. The Morgan fingerprint density at radius 2 is 1.67 bits per heavy atom. The first-order valence-electron chi connectivity index (χ1n) is 8.03. The molecule has 0 radical (unpaired) electrons. The second kappa shape index (κ2) is 6.38. The molecule has 0 amide bonds. The monoisotopic (exact) mass is 316 g/mol. The molecular weight excluding hydrogens is 284 g/mol. The lowest BCUT2D eigenvalue weighted by Crippen LogP contribution is -2.53. The zero-order chi connectivity index (χ0) is 16.5. The topological polar surface area (TPSA) is 66.8 Å². The summed E-state index contributed by atoms with van der Waals surface area (Å²) in [5.74, 6) is -0.875. The van der Waals surface area contributed by atoms with Gasteiger partial charge in [0.25, 0.3) is 0 Å². The number of hydrogen-bond acceptors (Lipinski definition) is 3. The van der Waals surface area contributed by atoms with Crippen molar-refractivity contribution in [1.82, 2.24) is 0 Å². The van der Waals surface area contributed by atoms with Crippen LogP contribution in [0.5, 0.6) is 0 Å². The first kappa shape index (κ1) is 18.7. The number of aliphatic hydroxyl groups is 1. The first-order valence-corrected chi connectivity index (χ1v) is 10.9. The Labute approximate surface area is 130 Å². The SMILES string of the molecule is C[C@@H](O[Si](C)(C)C(C)(C)C)C(O)C1(C(=O)O)CCCCC1. The van der Waals surface area contributed by atoms with Gasteiger partial charge in [-0.2, -0.15) is 0 Å². The van der Waals surface area contributed by atoms with E-state index in [2.05, 4.69) is 33.9 Å². The molecule has 124 valence electrons. The molecule has 5 heteroatoms. The molecule has 1 unspecified atom stereocenters. The van der Waals surface area contributed by atoms with Crippen molar-refractivity contribution in [2.45, 2.75) is 90.1 Å². The van der Waals surface area contributed by atoms with E-state index in [4.69, 9.17) is 4.43 Å². The first-order chi connectivity index (χ1) is 9.44. The third-order valence-corrected chi connectivity index (χ3v) is 10.0. The third-order valence-electron chi connectivity index (χ3n) is 5.47. The molecule has 0 aliphatic heterocycles. The fourth-order valence-electron chi connectivity index (χ4n) is 2.97. The minimum Gasteiger partial charge on any atom is -0.481 e. The van der Waals surface area contributed by atoms with E-state index in [9.17, 15) is 15.0 Å². The molecule has 0 aromatic carbocycles. The van der Waals surface area contributed by atoms with E-state index in [0.717, 1.165) is 19.3 Å². The summed E-state index contributed by atoms with van der Waals surface area (Å²) >= 11 is 0. The zero-order valence-electron chi connectivity index (χ0n) is 14.4. The van der Waals surface area contributed by atoms with E-state index in [1.54, 1.807) is 0 Å². The molecule has 0 heterocycles. The van der Waals surface area contributed by atoms with E-state index in [1.165, 1.54) is 0 Å². The highest BCUT2D eigenvalue weighted by atomic mass is 28.4. The van der Waals surface area contributed by atoms with Gasteiger partial charge in [-0.15, -0.1) is 0 Å². The predicted octanol–water partition coefficient (Wildman–Crippen LogP) is 3.79. The molecule has 1 aliphatic rings. The van der Waals surface area contributed by atoms with E-state index in [1.807, 2.05) is 6.92 Å². The van der Waals surface area contributed by atoms with Crippen LogP contribution in [0, 0.1) is 5.41 Å². The van der Waals surface area contributed by atoms with Crippen LogP contribution >= 0.6 is 0 Å². The van der Waals surface area contributed by atoms with Crippen molar-refractivity contribution in [3.8, 4) is 0 Å². The molecule has 0 saturated heterocycles. The van der Waals surface area contributed by atoms with Crippen molar-refractivity contribution in [2.24, 2.45) is 5.41 Å². The summed E-state index contributed by atoms with van der Waals surface area (Å²) in [4.78, 5) is 11.8. The molecule has 4 nitrogen and oxygen atoms in total. The van der Waals surface area contributed by atoms with Crippen LogP contribution < -0.4 is 0 Å². The van der Waals surface area contributed by atoms with Crippen molar-refractivity contribution < 1.29 is 19.4 Å². The van der Waals surface area contributed by atoms with Crippen molar-refractivity contribution in [2.75, 3.05) is 0 Å². The summed E-state index contributed by atoms with van der Waals surface area (Å²) in [6.45, 7) is 12.5. The van der Waals surface area contributed by atoms with Gasteiger partial charge >= 0.3 is 5.97 Å². The second-order valence-electron chi connectivity index (χ2n) is 8.05. The molecular formula is C16H32O4Si. The quantitative estimate of drug-likeness (QED) is 0.757. The average molecular weight is 317 g/mol. The van der Waals surface area contributed by atoms with E-state index < -0.39 is 31.9 Å². The molecule has 2 atom stereocenters. The molecule has 0 spiro atoms. The van der Waals surface area contributed by atoms with Gasteiger partial charge in [0.15, 0.2) is 8.32 Å². The van der Waals surface area contributed by atoms with Gasteiger partial charge in [-0.3, -0.25) is 4.79 Å². The number of carboxylic acids is 1. The highest BCUT2D eigenvalue weighted by Crippen LogP contribution is 2.43. The smallest absolute Gasteiger partial charge is 0.312 e. The summed E-state index contributed by atoms with van der Waals surface area (Å²) < 4.78 is 6.22. The van der Waals surface area contributed by atoms with Crippen LogP contribution in [0.2, 0.25) is 18.1 Å². The molecule has 21 heavy (non-hydrogen) atoms. The number of carboxylic acid groups (broad SMARTS) is 1. The normalized spacial score (nSPS) is 22.6. The van der Waals surface area contributed by atoms with Crippen LogP contribution in [0.25, 0.3) is 0 Å². The lowest BCUT2D eigenvalue weighted by molar-refractivity contribution is -0.166. The van der Waals surface area contributed by atoms with Crippen molar-refractivity contribution >= 4 is 14.3 Å². The van der Waals surface area contributed by atoms with Crippen LogP contribution in [0.15, 0.2) is 0 Å². The van der Waals surface area contributed by atoms with Crippen LogP contribution in [-0.2, 0) is 9.22 Å². The zero-order valence-corrected chi connectivity index (χ0v) is 15.4. The second-order valence-corrected chi connectivity index (χ2v) is 12.8. The Morgan fingerprint density at radius 3 is 2.05 bits per heavy atom. The maximum atomic E-state index is 11.8. The number of aliphatic hydroxyl groups excluding tert-OH is 1. The Kier molecular flexibility index (Phi) is 5.67. The molecule has 1 saturated carbocycles. The molecule has 1 aliphatic carbocycles. The van der Waals surface area contributed by atoms with Gasteiger partial charge in [-0.05, 0) is 37.9 Å². The molecule has 0 bridgehead atoms. The number of aliphatic carboxylic acids is 1. The van der Waals surface area contributed by atoms with Crippen LogP contribution in [-0.4, -0.2) is 36.7 Å². The lowest BCUT2D eigenvalue weighted by Gasteiger charge is -2.44. The summed E-state index contributed by atoms with van der Waals surface area (Å²) in [6.07, 6.45) is 2.51. The number of carbonyl (C=O) groups is 1. The molecule has 1 fully saturated rings. The Morgan fingerprint density at radius 1 is 1.19 bits per heavy atom. The summed E-state index contributed by atoms with van der Waals surface area (Å²) in [5.41, 5.74) is -1.03. The minimum atomic E-state index is -2.01. The van der Waals surface area contributed by atoms with Gasteiger partial charge in [0.2, 0.25) is 0 Å². The molecule has 0 aromatic rings. The minimum absolute atomic E-state index is 0.0456. The molecule has 1 rings (SSSR count).